The van der Waals surface area contributed by atoms with Gasteiger partial charge in [-0.1, -0.05) is 24.3 Å². The number of hydrogen-bond acceptors (Lipinski definition) is 3. The van der Waals surface area contributed by atoms with Crippen molar-refractivity contribution in [3.63, 3.8) is 0 Å². The van der Waals surface area contributed by atoms with Crippen molar-refractivity contribution >= 4 is 23.4 Å². The number of rotatable bonds is 6. The highest BCUT2D eigenvalue weighted by Gasteiger charge is 2.07. The molecule has 0 atom stereocenters. The van der Waals surface area contributed by atoms with Gasteiger partial charge in [0.1, 0.15) is 5.82 Å². The van der Waals surface area contributed by atoms with E-state index in [4.69, 9.17) is 0 Å². The zero-order chi connectivity index (χ0) is 15.1. The van der Waals surface area contributed by atoms with E-state index in [9.17, 15) is 9.18 Å². The van der Waals surface area contributed by atoms with Crippen molar-refractivity contribution in [1.29, 1.82) is 0 Å². The zero-order valence-corrected chi connectivity index (χ0v) is 12.5. The number of amides is 1. The molecule has 2 aromatic rings. The van der Waals surface area contributed by atoms with Crippen LogP contribution in [0.2, 0.25) is 0 Å². The molecule has 0 heterocycles. The van der Waals surface area contributed by atoms with Crippen molar-refractivity contribution < 1.29 is 9.18 Å². The minimum atomic E-state index is -0.424. The summed E-state index contributed by atoms with van der Waals surface area (Å²) in [4.78, 5) is 12.9. The van der Waals surface area contributed by atoms with Gasteiger partial charge in [0.05, 0.1) is 11.4 Å². The number of carbonyl (C=O) groups is 1. The van der Waals surface area contributed by atoms with E-state index in [0.29, 0.717) is 0 Å². The first-order chi connectivity index (χ1) is 10.2. The number of carbonyl (C=O) groups excluding carboxylic acids is 1. The molecule has 0 aromatic heterocycles. The molecule has 21 heavy (non-hydrogen) atoms. The van der Waals surface area contributed by atoms with Crippen molar-refractivity contribution in [3.05, 3.63) is 59.9 Å². The maximum absolute atomic E-state index is 13.4. The molecule has 0 saturated heterocycles. The van der Waals surface area contributed by atoms with Crippen LogP contribution in [0.15, 0.2) is 53.4 Å². The maximum atomic E-state index is 13.4. The second kappa shape index (κ2) is 7.81. The van der Waals surface area contributed by atoms with Gasteiger partial charge in [-0.3, -0.25) is 4.79 Å². The standard InChI is InChI=1S/C16H17FN2OS/c1-18-10-12-5-4-6-13(9-12)21-11-16(20)19-15-8-3-2-7-14(15)17/h2-9,18H,10-11H2,1H3,(H,19,20). The lowest BCUT2D eigenvalue weighted by Gasteiger charge is -2.07. The quantitative estimate of drug-likeness (QED) is 0.805. The van der Waals surface area contributed by atoms with Gasteiger partial charge in [0, 0.05) is 11.4 Å². The van der Waals surface area contributed by atoms with E-state index < -0.39 is 5.82 Å². The van der Waals surface area contributed by atoms with Gasteiger partial charge in [0.2, 0.25) is 5.91 Å². The maximum Gasteiger partial charge on any atom is 0.234 e. The number of nitrogens with one attached hydrogen (secondary N) is 2. The number of benzene rings is 2. The lowest BCUT2D eigenvalue weighted by molar-refractivity contribution is -0.113. The Morgan fingerprint density at radius 3 is 2.76 bits per heavy atom. The Kier molecular flexibility index (Phi) is 5.78. The summed E-state index contributed by atoms with van der Waals surface area (Å²) < 4.78 is 13.4. The Hall–Kier alpha value is -1.85. The third-order valence-electron chi connectivity index (χ3n) is 2.80. The van der Waals surface area contributed by atoms with Crippen LogP contribution < -0.4 is 10.6 Å². The van der Waals surface area contributed by atoms with Gasteiger partial charge in [0.25, 0.3) is 0 Å². The third kappa shape index (κ3) is 4.88. The van der Waals surface area contributed by atoms with E-state index in [1.807, 2.05) is 31.3 Å². The van der Waals surface area contributed by atoms with Gasteiger partial charge >= 0.3 is 0 Å². The molecule has 0 aliphatic heterocycles. The minimum Gasteiger partial charge on any atom is -0.323 e. The number of halogens is 1. The van der Waals surface area contributed by atoms with E-state index in [1.165, 1.54) is 17.8 Å². The van der Waals surface area contributed by atoms with E-state index in [2.05, 4.69) is 10.6 Å². The van der Waals surface area contributed by atoms with Crippen LogP contribution in [0.5, 0.6) is 0 Å². The number of anilines is 1. The third-order valence-corrected chi connectivity index (χ3v) is 3.79. The molecule has 0 saturated carbocycles. The van der Waals surface area contributed by atoms with Crippen molar-refractivity contribution in [2.45, 2.75) is 11.4 Å². The first-order valence-electron chi connectivity index (χ1n) is 6.60. The molecule has 1 amide bonds. The zero-order valence-electron chi connectivity index (χ0n) is 11.7. The summed E-state index contributed by atoms with van der Waals surface area (Å²) in [6, 6.07) is 14.1. The molecule has 0 radical (unpaired) electrons. The predicted octanol–water partition coefficient (Wildman–Crippen LogP) is 3.28. The Morgan fingerprint density at radius 1 is 1.19 bits per heavy atom. The first kappa shape index (κ1) is 15.5. The SMILES string of the molecule is CNCc1cccc(SCC(=O)Nc2ccccc2F)c1. The predicted molar refractivity (Wildman–Crippen MR) is 85.0 cm³/mol. The van der Waals surface area contributed by atoms with Gasteiger partial charge in [-0.25, -0.2) is 4.39 Å². The second-order valence-corrected chi connectivity index (χ2v) is 5.54. The molecule has 3 nitrogen and oxygen atoms in total. The van der Waals surface area contributed by atoms with Gasteiger partial charge in [-0.05, 0) is 36.9 Å². The molecule has 110 valence electrons. The molecule has 2 N–H and O–H groups in total. The number of hydrogen-bond donors (Lipinski definition) is 2. The molecular weight excluding hydrogens is 287 g/mol. The first-order valence-corrected chi connectivity index (χ1v) is 7.58. The average molecular weight is 304 g/mol. The smallest absolute Gasteiger partial charge is 0.234 e. The number of para-hydroxylation sites is 1. The Morgan fingerprint density at radius 2 is 2.00 bits per heavy atom. The van der Waals surface area contributed by atoms with Gasteiger partial charge < -0.3 is 10.6 Å². The van der Waals surface area contributed by atoms with Crippen molar-refractivity contribution in [2.24, 2.45) is 0 Å². The normalized spacial score (nSPS) is 10.4. The Labute approximate surface area is 127 Å². The summed E-state index contributed by atoms with van der Waals surface area (Å²) in [6.07, 6.45) is 0. The topological polar surface area (TPSA) is 41.1 Å². The van der Waals surface area contributed by atoms with Crippen LogP contribution in [-0.2, 0) is 11.3 Å². The fraction of sp³-hybridized carbons (Fsp3) is 0.188. The fourth-order valence-electron chi connectivity index (χ4n) is 1.85. The molecule has 0 unspecified atom stereocenters. The van der Waals surface area contributed by atoms with E-state index >= 15 is 0 Å². The summed E-state index contributed by atoms with van der Waals surface area (Å²) in [6.45, 7) is 0.788. The van der Waals surface area contributed by atoms with Crippen LogP contribution in [0, 0.1) is 5.82 Å². The molecule has 2 rings (SSSR count). The highest BCUT2D eigenvalue weighted by molar-refractivity contribution is 8.00. The molecule has 0 bridgehead atoms. The van der Waals surface area contributed by atoms with Crippen molar-refractivity contribution in [1.82, 2.24) is 5.32 Å². The highest BCUT2D eigenvalue weighted by atomic mass is 32.2. The van der Waals surface area contributed by atoms with Crippen molar-refractivity contribution in [2.75, 3.05) is 18.1 Å². The van der Waals surface area contributed by atoms with Gasteiger partial charge in [-0.2, -0.15) is 0 Å². The van der Waals surface area contributed by atoms with Crippen LogP contribution in [0.25, 0.3) is 0 Å². The van der Waals surface area contributed by atoms with E-state index in [0.717, 1.165) is 17.0 Å². The minimum absolute atomic E-state index is 0.215. The monoisotopic (exact) mass is 304 g/mol. The summed E-state index contributed by atoms with van der Waals surface area (Å²) >= 11 is 1.43. The summed E-state index contributed by atoms with van der Waals surface area (Å²) in [5.41, 5.74) is 1.38. The van der Waals surface area contributed by atoms with Crippen LogP contribution in [0.4, 0.5) is 10.1 Å². The Bertz CT molecular complexity index is 619. The van der Waals surface area contributed by atoms with E-state index in [-0.39, 0.29) is 17.3 Å². The molecule has 5 heteroatoms. The van der Waals surface area contributed by atoms with Crippen molar-refractivity contribution in [3.8, 4) is 0 Å². The van der Waals surface area contributed by atoms with Crippen LogP contribution in [0.1, 0.15) is 5.56 Å². The summed E-state index contributed by atoms with van der Waals surface area (Å²) in [7, 11) is 1.89. The number of thioether (sulfide) groups is 1. The van der Waals surface area contributed by atoms with Crippen LogP contribution in [0.3, 0.4) is 0 Å². The summed E-state index contributed by atoms with van der Waals surface area (Å²) in [5, 5.41) is 5.66. The highest BCUT2D eigenvalue weighted by Crippen LogP contribution is 2.20. The van der Waals surface area contributed by atoms with Gasteiger partial charge in [-0.15, -0.1) is 11.8 Å². The average Bonchev–Trinajstić information content (AvgIpc) is 2.48. The van der Waals surface area contributed by atoms with E-state index in [1.54, 1.807) is 18.2 Å². The lowest BCUT2D eigenvalue weighted by Crippen LogP contribution is -2.15. The molecular formula is C16H17FN2OS. The lowest BCUT2D eigenvalue weighted by atomic mass is 10.2. The van der Waals surface area contributed by atoms with Crippen LogP contribution >= 0.6 is 11.8 Å². The molecule has 0 fully saturated rings. The summed E-state index contributed by atoms with van der Waals surface area (Å²) in [5.74, 6) is -0.395. The molecule has 0 spiro atoms. The second-order valence-electron chi connectivity index (χ2n) is 4.49. The molecule has 2 aromatic carbocycles. The fourth-order valence-corrected chi connectivity index (χ4v) is 2.63. The Balaban J connectivity index is 1.89. The van der Waals surface area contributed by atoms with Crippen LogP contribution in [-0.4, -0.2) is 18.7 Å². The van der Waals surface area contributed by atoms with Gasteiger partial charge in [0.15, 0.2) is 0 Å². The molecule has 0 aliphatic rings. The largest absolute Gasteiger partial charge is 0.323 e. The molecule has 0 aliphatic carbocycles.